The molecule has 6 nitrogen and oxygen atoms in total. The van der Waals surface area contributed by atoms with E-state index in [9.17, 15) is 4.79 Å². The Morgan fingerprint density at radius 3 is 2.57 bits per heavy atom. The highest BCUT2D eigenvalue weighted by molar-refractivity contribution is 6.76. The first-order valence-electron chi connectivity index (χ1n) is 10.3. The van der Waals surface area contributed by atoms with Gasteiger partial charge in [0.1, 0.15) is 24.3 Å². The molecule has 0 bridgehead atoms. The lowest BCUT2D eigenvalue weighted by Crippen LogP contribution is -2.22. The maximum Gasteiger partial charge on any atom is 0.238 e. The molecular weight excluding hydrogens is 394 g/mol. The molecule has 2 heterocycles. The van der Waals surface area contributed by atoms with Crippen LogP contribution in [0.15, 0.2) is 42.7 Å². The smallest absolute Gasteiger partial charge is 0.238 e. The lowest BCUT2D eigenvalue weighted by atomic mass is 9.88. The molecule has 0 N–H and O–H groups in total. The predicted molar refractivity (Wildman–Crippen MR) is 122 cm³/mol. The van der Waals surface area contributed by atoms with Crippen LogP contribution in [0.25, 0.3) is 11.2 Å². The van der Waals surface area contributed by atoms with E-state index in [4.69, 9.17) is 14.5 Å². The summed E-state index contributed by atoms with van der Waals surface area (Å²) in [5, 5.41) is 0. The van der Waals surface area contributed by atoms with Crippen molar-refractivity contribution in [2.24, 2.45) is 5.41 Å². The van der Waals surface area contributed by atoms with E-state index in [1.807, 2.05) is 54.9 Å². The van der Waals surface area contributed by atoms with Gasteiger partial charge in [-0.05, 0) is 30.2 Å². The van der Waals surface area contributed by atoms with Gasteiger partial charge >= 0.3 is 0 Å². The van der Waals surface area contributed by atoms with Gasteiger partial charge in [0.2, 0.25) is 5.88 Å². The monoisotopic (exact) mass is 425 g/mol. The molecule has 0 aliphatic rings. The van der Waals surface area contributed by atoms with Crippen molar-refractivity contribution in [2.75, 3.05) is 6.61 Å². The number of hydrogen-bond acceptors (Lipinski definition) is 5. The van der Waals surface area contributed by atoms with Gasteiger partial charge in [0, 0.05) is 26.3 Å². The van der Waals surface area contributed by atoms with Crippen LogP contribution in [-0.2, 0) is 22.7 Å². The van der Waals surface area contributed by atoms with E-state index >= 15 is 0 Å². The molecule has 0 aliphatic carbocycles. The number of benzene rings is 1. The fourth-order valence-electron chi connectivity index (χ4n) is 3.06. The summed E-state index contributed by atoms with van der Waals surface area (Å²) in [6.45, 7) is 12.0. The Morgan fingerprint density at radius 1 is 1.17 bits per heavy atom. The molecule has 3 rings (SSSR count). The second-order valence-electron chi connectivity index (χ2n) is 9.55. The van der Waals surface area contributed by atoms with Crippen LogP contribution < -0.4 is 4.74 Å². The minimum absolute atomic E-state index is 0.413. The first kappa shape index (κ1) is 22.2. The van der Waals surface area contributed by atoms with Crippen molar-refractivity contribution in [3.05, 3.63) is 48.3 Å². The number of para-hydroxylation sites is 1. The molecule has 0 unspecified atom stereocenters. The Kier molecular flexibility index (Phi) is 6.73. The molecule has 1 aromatic carbocycles. The zero-order valence-electron chi connectivity index (χ0n) is 18.5. The average Bonchev–Trinajstić information content (AvgIpc) is 3.02. The van der Waals surface area contributed by atoms with Crippen LogP contribution in [0.5, 0.6) is 11.6 Å². The van der Waals surface area contributed by atoms with Crippen molar-refractivity contribution in [2.45, 2.75) is 52.7 Å². The van der Waals surface area contributed by atoms with Crippen LogP contribution >= 0.6 is 0 Å². The number of aromatic nitrogens is 3. The summed E-state index contributed by atoms with van der Waals surface area (Å²) in [6, 6.07) is 10.6. The first-order chi connectivity index (χ1) is 14.2. The number of carbonyl (C=O) groups is 1. The third-order valence-electron chi connectivity index (χ3n) is 4.78. The molecular formula is C23H31N3O3Si. The third-order valence-corrected chi connectivity index (χ3v) is 6.48. The second-order valence-corrected chi connectivity index (χ2v) is 15.2. The van der Waals surface area contributed by atoms with Crippen LogP contribution in [0.1, 0.15) is 19.4 Å². The third kappa shape index (κ3) is 6.00. The lowest BCUT2D eigenvalue weighted by Gasteiger charge is -2.16. The molecule has 0 amide bonds. The molecule has 0 atom stereocenters. The zero-order valence-corrected chi connectivity index (χ0v) is 19.5. The van der Waals surface area contributed by atoms with Crippen molar-refractivity contribution < 1.29 is 14.3 Å². The van der Waals surface area contributed by atoms with Gasteiger partial charge in [0.15, 0.2) is 5.65 Å². The number of ether oxygens (including phenoxy) is 2. The Bertz CT molecular complexity index is 994. The summed E-state index contributed by atoms with van der Waals surface area (Å²) >= 11 is 0. The van der Waals surface area contributed by atoms with E-state index in [0.29, 0.717) is 24.8 Å². The quantitative estimate of drug-likeness (QED) is 0.250. The van der Waals surface area contributed by atoms with Crippen LogP contribution in [0, 0.1) is 5.41 Å². The fourth-order valence-corrected chi connectivity index (χ4v) is 3.82. The number of rotatable bonds is 10. The standard InChI is InChI=1S/C23H31N3O3Si/c1-23(2,16-27)13-18-15-26(17-28-11-12-30(3,4)5)22-21(18)25-20(14-24-22)29-19-9-7-6-8-10-19/h6-10,14-16H,11-13,17H2,1-5H3. The molecule has 0 saturated carbocycles. The van der Waals surface area contributed by atoms with Gasteiger partial charge in [0.25, 0.3) is 0 Å². The average molecular weight is 426 g/mol. The number of nitrogens with zero attached hydrogens (tertiary/aromatic N) is 3. The first-order valence-corrected chi connectivity index (χ1v) is 14.0. The van der Waals surface area contributed by atoms with Crippen LogP contribution in [-0.4, -0.2) is 35.5 Å². The van der Waals surface area contributed by atoms with Crippen LogP contribution in [0.2, 0.25) is 25.7 Å². The highest BCUT2D eigenvalue weighted by Crippen LogP contribution is 2.28. The van der Waals surface area contributed by atoms with Crippen molar-refractivity contribution in [3.8, 4) is 11.6 Å². The summed E-state index contributed by atoms with van der Waals surface area (Å²) in [5.74, 6) is 1.13. The molecule has 0 spiro atoms. The Balaban J connectivity index is 1.88. The summed E-state index contributed by atoms with van der Waals surface area (Å²) in [4.78, 5) is 20.8. The Labute approximate surface area is 179 Å². The van der Waals surface area contributed by atoms with Crippen molar-refractivity contribution in [3.63, 3.8) is 0 Å². The van der Waals surface area contributed by atoms with E-state index < -0.39 is 13.5 Å². The van der Waals surface area contributed by atoms with Gasteiger partial charge in [-0.15, -0.1) is 0 Å². The molecule has 2 aromatic heterocycles. The highest BCUT2D eigenvalue weighted by atomic mass is 28.3. The molecule has 0 fully saturated rings. The summed E-state index contributed by atoms with van der Waals surface area (Å²) < 4.78 is 13.8. The molecule has 0 radical (unpaired) electrons. The van der Waals surface area contributed by atoms with Gasteiger partial charge in [-0.25, -0.2) is 9.97 Å². The SMILES string of the molecule is CC(C)(C=O)Cc1cn(COCC[Si](C)(C)C)c2ncc(Oc3ccccc3)nc12. The zero-order chi connectivity index (χ0) is 21.8. The van der Waals surface area contributed by atoms with Crippen molar-refractivity contribution in [1.29, 1.82) is 0 Å². The van der Waals surface area contributed by atoms with Gasteiger partial charge in [-0.3, -0.25) is 0 Å². The van der Waals surface area contributed by atoms with E-state index in [0.717, 1.165) is 35.7 Å². The van der Waals surface area contributed by atoms with Crippen LogP contribution in [0.3, 0.4) is 0 Å². The topological polar surface area (TPSA) is 66.2 Å². The molecule has 160 valence electrons. The van der Waals surface area contributed by atoms with Gasteiger partial charge in [0.05, 0.1) is 6.20 Å². The molecule has 0 saturated heterocycles. The molecule has 3 aromatic rings. The van der Waals surface area contributed by atoms with Crippen molar-refractivity contribution >= 4 is 25.5 Å². The predicted octanol–water partition coefficient (Wildman–Crippen LogP) is 5.30. The Hall–Kier alpha value is -2.51. The minimum atomic E-state index is -1.14. The molecule has 30 heavy (non-hydrogen) atoms. The number of carbonyl (C=O) groups excluding carboxylic acids is 1. The van der Waals surface area contributed by atoms with E-state index in [-0.39, 0.29) is 0 Å². The summed E-state index contributed by atoms with van der Waals surface area (Å²) in [5.41, 5.74) is 1.95. The highest BCUT2D eigenvalue weighted by Gasteiger charge is 2.22. The van der Waals surface area contributed by atoms with Crippen LogP contribution in [0.4, 0.5) is 0 Å². The second kappa shape index (κ2) is 9.10. The number of aldehydes is 1. The number of fused-ring (bicyclic) bond motifs is 1. The normalized spacial score (nSPS) is 12.3. The molecule has 7 heteroatoms. The minimum Gasteiger partial charge on any atom is -0.437 e. The molecule has 0 aliphatic heterocycles. The van der Waals surface area contributed by atoms with E-state index in [1.165, 1.54) is 0 Å². The Morgan fingerprint density at radius 2 is 1.90 bits per heavy atom. The van der Waals surface area contributed by atoms with E-state index in [2.05, 4.69) is 24.6 Å². The van der Waals surface area contributed by atoms with Gasteiger partial charge < -0.3 is 18.8 Å². The summed E-state index contributed by atoms with van der Waals surface area (Å²) in [6.07, 6.45) is 5.18. The van der Waals surface area contributed by atoms with E-state index in [1.54, 1.807) is 6.20 Å². The largest absolute Gasteiger partial charge is 0.437 e. The van der Waals surface area contributed by atoms with Gasteiger partial charge in [-0.2, -0.15) is 0 Å². The maximum atomic E-state index is 11.5. The summed E-state index contributed by atoms with van der Waals surface area (Å²) in [7, 11) is -1.14. The number of hydrogen-bond donors (Lipinski definition) is 0. The fraction of sp³-hybridized carbons (Fsp3) is 0.435. The lowest BCUT2D eigenvalue weighted by molar-refractivity contribution is -0.114. The van der Waals surface area contributed by atoms with Gasteiger partial charge in [-0.1, -0.05) is 51.7 Å². The van der Waals surface area contributed by atoms with Crippen molar-refractivity contribution in [1.82, 2.24) is 14.5 Å². The maximum absolute atomic E-state index is 11.5.